The fraction of sp³-hybridized carbons (Fsp3) is 0.429. The zero-order valence-electron chi connectivity index (χ0n) is 11.3. The van der Waals surface area contributed by atoms with Crippen molar-refractivity contribution in [3.05, 3.63) is 30.0 Å². The Morgan fingerprint density at radius 2 is 2.16 bits per heavy atom. The summed E-state index contributed by atoms with van der Waals surface area (Å²) in [5.74, 6) is 0.0254. The quantitative estimate of drug-likeness (QED) is 0.839. The van der Waals surface area contributed by atoms with E-state index in [1.165, 1.54) is 0 Å². The van der Waals surface area contributed by atoms with E-state index in [0.717, 1.165) is 30.5 Å². The Bertz CT molecular complexity index is 606. The highest BCUT2D eigenvalue weighted by molar-refractivity contribution is 6.04. The normalized spacial score (nSPS) is 20.9. The van der Waals surface area contributed by atoms with E-state index in [9.17, 15) is 4.79 Å². The number of aromatic amines is 1. The van der Waals surface area contributed by atoms with E-state index in [1.54, 1.807) is 0 Å². The van der Waals surface area contributed by atoms with Gasteiger partial charge in [-0.2, -0.15) is 5.10 Å². The molecule has 0 bridgehead atoms. The number of para-hydroxylation sites is 1. The summed E-state index contributed by atoms with van der Waals surface area (Å²) in [5, 5.41) is 8.01. The molecule has 1 aliphatic rings. The van der Waals surface area contributed by atoms with Gasteiger partial charge in [-0.15, -0.1) is 0 Å². The first-order chi connectivity index (χ1) is 9.16. The number of carbonyl (C=O) groups is 1. The van der Waals surface area contributed by atoms with Crippen molar-refractivity contribution in [3.63, 3.8) is 0 Å². The van der Waals surface area contributed by atoms with Crippen molar-refractivity contribution in [2.75, 3.05) is 26.7 Å². The Morgan fingerprint density at radius 3 is 2.95 bits per heavy atom. The molecular formula is C14H18N4O. The second-order valence-electron chi connectivity index (χ2n) is 5.20. The fourth-order valence-electron chi connectivity index (χ4n) is 2.51. The number of fused-ring (bicyclic) bond motifs is 1. The molecule has 5 heteroatoms. The van der Waals surface area contributed by atoms with Gasteiger partial charge < -0.3 is 9.80 Å². The monoisotopic (exact) mass is 258 g/mol. The average molecular weight is 258 g/mol. The third-order valence-electron chi connectivity index (χ3n) is 3.92. The Morgan fingerprint density at radius 1 is 1.37 bits per heavy atom. The summed E-state index contributed by atoms with van der Waals surface area (Å²) in [6, 6.07) is 8.13. The molecule has 0 aliphatic carbocycles. The molecule has 2 heterocycles. The maximum atomic E-state index is 12.6. The number of rotatable bonds is 1. The van der Waals surface area contributed by atoms with E-state index < -0.39 is 0 Å². The summed E-state index contributed by atoms with van der Waals surface area (Å²) in [5.41, 5.74) is 1.44. The number of hydrogen-bond acceptors (Lipinski definition) is 3. The molecule has 0 spiro atoms. The summed E-state index contributed by atoms with van der Waals surface area (Å²) in [7, 11) is 2.09. The van der Waals surface area contributed by atoms with Crippen LogP contribution in [-0.4, -0.2) is 58.6 Å². The van der Waals surface area contributed by atoms with E-state index in [2.05, 4.69) is 29.1 Å². The highest BCUT2D eigenvalue weighted by Crippen LogP contribution is 2.18. The number of aromatic nitrogens is 2. The van der Waals surface area contributed by atoms with Gasteiger partial charge in [-0.25, -0.2) is 0 Å². The Balaban J connectivity index is 1.88. The number of nitrogens with one attached hydrogen (secondary N) is 1. The summed E-state index contributed by atoms with van der Waals surface area (Å²) in [4.78, 5) is 16.7. The van der Waals surface area contributed by atoms with Crippen molar-refractivity contribution < 1.29 is 4.79 Å². The Kier molecular flexibility index (Phi) is 2.98. The van der Waals surface area contributed by atoms with E-state index in [4.69, 9.17) is 0 Å². The maximum absolute atomic E-state index is 12.6. The van der Waals surface area contributed by atoms with Crippen LogP contribution in [0.15, 0.2) is 24.3 Å². The second kappa shape index (κ2) is 4.66. The van der Waals surface area contributed by atoms with Gasteiger partial charge >= 0.3 is 0 Å². The van der Waals surface area contributed by atoms with Crippen LogP contribution in [0.1, 0.15) is 17.4 Å². The number of hydrogen-bond donors (Lipinski definition) is 1. The van der Waals surface area contributed by atoms with Crippen LogP contribution in [-0.2, 0) is 0 Å². The molecule has 3 rings (SSSR count). The van der Waals surface area contributed by atoms with Crippen LogP contribution in [0.25, 0.3) is 10.9 Å². The zero-order valence-corrected chi connectivity index (χ0v) is 11.3. The summed E-state index contributed by atoms with van der Waals surface area (Å²) >= 11 is 0. The number of piperazine rings is 1. The van der Waals surface area contributed by atoms with Crippen molar-refractivity contribution >= 4 is 16.8 Å². The minimum atomic E-state index is 0.0254. The molecule has 2 aromatic rings. The first-order valence-corrected chi connectivity index (χ1v) is 6.59. The third kappa shape index (κ3) is 2.10. The summed E-state index contributed by atoms with van der Waals surface area (Å²) in [6.45, 7) is 4.58. The van der Waals surface area contributed by atoms with Gasteiger partial charge in [-0.1, -0.05) is 18.2 Å². The molecule has 0 radical (unpaired) electrons. The van der Waals surface area contributed by atoms with Crippen LogP contribution in [0.5, 0.6) is 0 Å². The number of likely N-dealkylation sites (N-methyl/N-ethyl adjacent to an activating group) is 1. The molecule has 1 amide bonds. The Labute approximate surface area is 112 Å². The van der Waals surface area contributed by atoms with Crippen molar-refractivity contribution in [1.82, 2.24) is 20.0 Å². The molecule has 5 nitrogen and oxygen atoms in total. The van der Waals surface area contributed by atoms with Crippen molar-refractivity contribution in [2.24, 2.45) is 0 Å². The van der Waals surface area contributed by atoms with Crippen LogP contribution in [0.2, 0.25) is 0 Å². The van der Waals surface area contributed by atoms with Gasteiger partial charge in [0.15, 0.2) is 5.69 Å². The molecule has 1 aromatic carbocycles. The first kappa shape index (κ1) is 12.2. The van der Waals surface area contributed by atoms with Crippen molar-refractivity contribution in [3.8, 4) is 0 Å². The topological polar surface area (TPSA) is 52.2 Å². The van der Waals surface area contributed by atoms with Gasteiger partial charge in [0, 0.05) is 31.1 Å². The minimum Gasteiger partial charge on any atom is -0.334 e. The highest BCUT2D eigenvalue weighted by atomic mass is 16.2. The lowest BCUT2D eigenvalue weighted by molar-refractivity contribution is 0.0568. The predicted octanol–water partition coefficient (Wildman–Crippen LogP) is 1.34. The largest absolute Gasteiger partial charge is 0.334 e. The van der Waals surface area contributed by atoms with Gasteiger partial charge in [-0.3, -0.25) is 9.89 Å². The van der Waals surface area contributed by atoms with Crippen LogP contribution < -0.4 is 0 Å². The lowest BCUT2D eigenvalue weighted by atomic mass is 10.1. The molecule has 1 unspecified atom stereocenters. The first-order valence-electron chi connectivity index (χ1n) is 6.59. The number of nitrogens with zero attached hydrogens (tertiary/aromatic N) is 3. The van der Waals surface area contributed by atoms with E-state index in [1.807, 2.05) is 29.2 Å². The van der Waals surface area contributed by atoms with Crippen LogP contribution in [0.3, 0.4) is 0 Å². The van der Waals surface area contributed by atoms with Gasteiger partial charge in [-0.05, 0) is 20.0 Å². The lowest BCUT2D eigenvalue weighted by Crippen LogP contribution is -2.52. The highest BCUT2D eigenvalue weighted by Gasteiger charge is 2.27. The molecule has 19 heavy (non-hydrogen) atoms. The summed E-state index contributed by atoms with van der Waals surface area (Å²) < 4.78 is 0. The molecular weight excluding hydrogens is 240 g/mol. The molecule has 1 N–H and O–H groups in total. The lowest BCUT2D eigenvalue weighted by Gasteiger charge is -2.37. The standard InChI is InChI=1S/C14H18N4O/c1-10-9-18(8-7-17(10)2)14(19)13-11-5-3-4-6-12(11)15-16-13/h3-6,10H,7-9H2,1-2H3,(H,15,16). The average Bonchev–Trinajstić information content (AvgIpc) is 2.85. The van der Waals surface area contributed by atoms with Gasteiger partial charge in [0.1, 0.15) is 0 Å². The molecule has 1 aliphatic heterocycles. The fourth-order valence-corrected chi connectivity index (χ4v) is 2.51. The van der Waals surface area contributed by atoms with Crippen LogP contribution >= 0.6 is 0 Å². The molecule has 1 saturated heterocycles. The van der Waals surface area contributed by atoms with Crippen LogP contribution in [0.4, 0.5) is 0 Å². The smallest absolute Gasteiger partial charge is 0.275 e. The van der Waals surface area contributed by atoms with Gasteiger partial charge in [0.2, 0.25) is 0 Å². The van der Waals surface area contributed by atoms with E-state index in [0.29, 0.717) is 11.7 Å². The molecule has 0 saturated carbocycles. The minimum absolute atomic E-state index is 0.0254. The second-order valence-corrected chi connectivity index (χ2v) is 5.20. The third-order valence-corrected chi connectivity index (χ3v) is 3.92. The number of amides is 1. The molecule has 100 valence electrons. The number of carbonyl (C=O) groups excluding carboxylic acids is 1. The number of H-pyrrole nitrogens is 1. The van der Waals surface area contributed by atoms with Crippen LogP contribution in [0, 0.1) is 0 Å². The Hall–Kier alpha value is -1.88. The van der Waals surface area contributed by atoms with Gasteiger partial charge in [0.05, 0.1) is 5.52 Å². The maximum Gasteiger partial charge on any atom is 0.275 e. The van der Waals surface area contributed by atoms with E-state index in [-0.39, 0.29) is 5.91 Å². The van der Waals surface area contributed by atoms with Gasteiger partial charge in [0.25, 0.3) is 5.91 Å². The molecule has 1 atom stereocenters. The van der Waals surface area contributed by atoms with Crippen molar-refractivity contribution in [2.45, 2.75) is 13.0 Å². The molecule has 1 aromatic heterocycles. The number of benzene rings is 1. The molecule has 1 fully saturated rings. The SMILES string of the molecule is CC1CN(C(=O)c2n[nH]c3ccccc23)CCN1C. The predicted molar refractivity (Wildman–Crippen MR) is 74.1 cm³/mol. The van der Waals surface area contributed by atoms with Crippen molar-refractivity contribution in [1.29, 1.82) is 0 Å². The summed E-state index contributed by atoms with van der Waals surface area (Å²) in [6.07, 6.45) is 0. The zero-order chi connectivity index (χ0) is 13.4. The van der Waals surface area contributed by atoms with E-state index >= 15 is 0 Å².